The molecule has 0 saturated carbocycles. The number of allylic oxidation sites excluding steroid dienone is 5. The molecule has 1 aromatic carbocycles. The molecule has 0 radical (unpaired) electrons. The first-order valence-corrected chi connectivity index (χ1v) is 10.0. The van der Waals surface area contributed by atoms with Gasteiger partial charge in [0.05, 0.1) is 0 Å². The van der Waals surface area contributed by atoms with Crippen molar-refractivity contribution in [1.29, 1.82) is 0 Å². The largest absolute Gasteiger partial charge is 0.0955 e. The van der Waals surface area contributed by atoms with E-state index in [1.165, 1.54) is 41.5 Å². The maximum Gasteiger partial charge on any atom is -0.0151 e. The summed E-state index contributed by atoms with van der Waals surface area (Å²) in [5.74, 6) is 1.18. The Morgan fingerprint density at radius 2 is 1.72 bits per heavy atom. The van der Waals surface area contributed by atoms with Crippen molar-refractivity contribution in [1.82, 2.24) is 0 Å². The molecule has 0 aromatic heterocycles. The van der Waals surface area contributed by atoms with E-state index in [2.05, 4.69) is 84.5 Å². The first-order valence-electron chi connectivity index (χ1n) is 10.0. The van der Waals surface area contributed by atoms with E-state index in [-0.39, 0.29) is 0 Å². The highest BCUT2D eigenvalue weighted by Gasteiger charge is 2.22. The Kier molecular flexibility index (Phi) is 9.57. The topological polar surface area (TPSA) is 0 Å². The summed E-state index contributed by atoms with van der Waals surface area (Å²) in [6, 6.07) is 11.0. The molecule has 0 nitrogen and oxygen atoms in total. The van der Waals surface area contributed by atoms with Crippen molar-refractivity contribution >= 4 is 0 Å². The monoisotopic (exact) mass is 338 g/mol. The molecule has 0 N–H and O–H groups in total. The van der Waals surface area contributed by atoms with Crippen LogP contribution in [0.3, 0.4) is 0 Å². The standard InChI is InChI=1S/C25H38/c1-8-14-23(18-22-15-12-11-13-16-22)25(21(7)10-3)24(19(4)5)17-20(6)9-2/h11-13,15-17,21,23H,4,8-10,14,18H2,1-3,5-7H3. The van der Waals surface area contributed by atoms with Crippen molar-refractivity contribution < 1.29 is 0 Å². The molecule has 2 unspecified atom stereocenters. The molecule has 1 rings (SSSR count). The van der Waals surface area contributed by atoms with Crippen LogP contribution in [-0.4, -0.2) is 0 Å². The third-order valence-electron chi connectivity index (χ3n) is 5.26. The van der Waals surface area contributed by atoms with Gasteiger partial charge in [0.15, 0.2) is 0 Å². The Balaban J connectivity index is 3.44. The summed E-state index contributed by atoms with van der Waals surface area (Å²) in [6.07, 6.45) is 8.27. The van der Waals surface area contributed by atoms with Gasteiger partial charge in [0, 0.05) is 0 Å². The Bertz CT molecular complexity index is 586. The van der Waals surface area contributed by atoms with E-state index in [4.69, 9.17) is 0 Å². The Morgan fingerprint density at radius 3 is 2.20 bits per heavy atom. The van der Waals surface area contributed by atoms with Gasteiger partial charge in [0.2, 0.25) is 0 Å². The molecule has 0 fully saturated rings. The second kappa shape index (κ2) is 11.1. The highest BCUT2D eigenvalue weighted by atomic mass is 14.3. The molecule has 0 amide bonds. The lowest BCUT2D eigenvalue weighted by Crippen LogP contribution is -2.16. The molecule has 2 atom stereocenters. The fraction of sp³-hybridized carbons (Fsp3) is 0.520. The van der Waals surface area contributed by atoms with Crippen LogP contribution in [0.15, 0.2) is 65.3 Å². The molecule has 0 aliphatic carbocycles. The predicted octanol–water partition coefficient (Wildman–Crippen LogP) is 7.92. The summed E-state index contributed by atoms with van der Waals surface area (Å²) >= 11 is 0. The molecule has 0 saturated heterocycles. The minimum atomic E-state index is 0.591. The van der Waals surface area contributed by atoms with Gasteiger partial charge >= 0.3 is 0 Å². The van der Waals surface area contributed by atoms with E-state index in [1.807, 2.05) is 0 Å². The lowest BCUT2D eigenvalue weighted by atomic mass is 9.77. The molecule has 0 bridgehead atoms. The van der Waals surface area contributed by atoms with Crippen LogP contribution in [0.2, 0.25) is 0 Å². The third kappa shape index (κ3) is 6.69. The highest BCUT2D eigenvalue weighted by Crippen LogP contribution is 2.35. The fourth-order valence-electron chi connectivity index (χ4n) is 3.52. The van der Waals surface area contributed by atoms with Crippen LogP contribution >= 0.6 is 0 Å². The van der Waals surface area contributed by atoms with Gasteiger partial charge < -0.3 is 0 Å². The molecule has 138 valence electrons. The summed E-state index contributed by atoms with van der Waals surface area (Å²) in [5, 5.41) is 0. The predicted molar refractivity (Wildman–Crippen MR) is 114 cm³/mol. The lowest BCUT2D eigenvalue weighted by Gasteiger charge is -2.28. The molecule has 25 heavy (non-hydrogen) atoms. The van der Waals surface area contributed by atoms with Crippen LogP contribution in [-0.2, 0) is 6.42 Å². The maximum atomic E-state index is 4.33. The second-order valence-corrected chi connectivity index (χ2v) is 7.48. The molecule has 1 aromatic rings. The average Bonchev–Trinajstić information content (AvgIpc) is 2.61. The third-order valence-corrected chi connectivity index (χ3v) is 5.26. The van der Waals surface area contributed by atoms with Crippen molar-refractivity contribution in [2.75, 3.05) is 0 Å². The minimum Gasteiger partial charge on any atom is -0.0955 e. The van der Waals surface area contributed by atoms with E-state index in [1.54, 1.807) is 5.57 Å². The van der Waals surface area contributed by atoms with Crippen molar-refractivity contribution in [3.8, 4) is 0 Å². The van der Waals surface area contributed by atoms with Crippen LogP contribution in [0.4, 0.5) is 0 Å². The van der Waals surface area contributed by atoms with E-state index in [9.17, 15) is 0 Å². The van der Waals surface area contributed by atoms with Gasteiger partial charge in [-0.25, -0.2) is 0 Å². The van der Waals surface area contributed by atoms with Crippen LogP contribution < -0.4 is 0 Å². The summed E-state index contributed by atoms with van der Waals surface area (Å²) in [5.41, 5.74) is 7.11. The molecular formula is C25H38. The number of benzene rings is 1. The van der Waals surface area contributed by atoms with Crippen LogP contribution in [0.1, 0.15) is 72.8 Å². The van der Waals surface area contributed by atoms with Gasteiger partial charge in [-0.05, 0) is 62.5 Å². The second-order valence-electron chi connectivity index (χ2n) is 7.48. The summed E-state index contributed by atoms with van der Waals surface area (Å²) < 4.78 is 0. The van der Waals surface area contributed by atoms with Gasteiger partial charge in [-0.3, -0.25) is 0 Å². The first-order chi connectivity index (χ1) is 11.9. The summed E-state index contributed by atoms with van der Waals surface area (Å²) in [4.78, 5) is 0. The molecule has 0 aliphatic rings. The SMILES string of the molecule is C=C(C)C(C=C(C)CC)=C(C(C)CC)C(CCC)Cc1ccccc1. The minimum absolute atomic E-state index is 0.591. The van der Waals surface area contributed by atoms with Crippen molar-refractivity contribution in [3.05, 3.63) is 70.8 Å². The lowest BCUT2D eigenvalue weighted by molar-refractivity contribution is 0.472. The molecular weight excluding hydrogens is 300 g/mol. The zero-order valence-electron chi connectivity index (χ0n) is 17.4. The van der Waals surface area contributed by atoms with Crippen molar-refractivity contribution in [2.24, 2.45) is 11.8 Å². The maximum absolute atomic E-state index is 4.33. The van der Waals surface area contributed by atoms with Crippen LogP contribution in [0.5, 0.6) is 0 Å². The fourth-order valence-corrected chi connectivity index (χ4v) is 3.52. The van der Waals surface area contributed by atoms with Crippen molar-refractivity contribution in [3.63, 3.8) is 0 Å². The zero-order valence-corrected chi connectivity index (χ0v) is 17.4. The van der Waals surface area contributed by atoms with Gasteiger partial charge in [-0.15, -0.1) is 0 Å². The highest BCUT2D eigenvalue weighted by molar-refractivity contribution is 5.44. The van der Waals surface area contributed by atoms with Gasteiger partial charge in [0.25, 0.3) is 0 Å². The van der Waals surface area contributed by atoms with E-state index in [0.29, 0.717) is 11.8 Å². The number of hydrogen-bond donors (Lipinski definition) is 0. The normalized spacial score (nSPS) is 15.5. The Morgan fingerprint density at radius 1 is 1.08 bits per heavy atom. The Labute approximate surface area is 156 Å². The molecule has 0 heteroatoms. The van der Waals surface area contributed by atoms with E-state index < -0.39 is 0 Å². The van der Waals surface area contributed by atoms with Crippen LogP contribution in [0, 0.1) is 11.8 Å². The van der Waals surface area contributed by atoms with Gasteiger partial charge in [-0.2, -0.15) is 0 Å². The smallest absolute Gasteiger partial charge is 0.0151 e. The van der Waals surface area contributed by atoms with E-state index in [0.717, 1.165) is 12.8 Å². The van der Waals surface area contributed by atoms with Gasteiger partial charge in [-0.1, -0.05) is 93.8 Å². The molecule has 0 heterocycles. The Hall–Kier alpha value is -1.56. The van der Waals surface area contributed by atoms with Gasteiger partial charge in [0.1, 0.15) is 0 Å². The molecule has 0 spiro atoms. The summed E-state index contributed by atoms with van der Waals surface area (Å²) in [6.45, 7) is 18.0. The molecule has 0 aliphatic heterocycles. The zero-order chi connectivity index (χ0) is 18.8. The first kappa shape index (κ1) is 21.5. The van der Waals surface area contributed by atoms with E-state index >= 15 is 0 Å². The van der Waals surface area contributed by atoms with Crippen LogP contribution in [0.25, 0.3) is 0 Å². The van der Waals surface area contributed by atoms with Crippen molar-refractivity contribution in [2.45, 2.75) is 73.6 Å². The quantitative estimate of drug-likeness (QED) is 0.380. The summed E-state index contributed by atoms with van der Waals surface area (Å²) in [7, 11) is 0. The average molecular weight is 339 g/mol. The number of hydrogen-bond acceptors (Lipinski definition) is 0. The number of rotatable bonds is 10.